The van der Waals surface area contributed by atoms with Crippen molar-refractivity contribution in [3.05, 3.63) is 71.9 Å². The van der Waals surface area contributed by atoms with Crippen molar-refractivity contribution in [2.75, 3.05) is 6.54 Å². The highest BCUT2D eigenvalue weighted by atomic mass is 16.5. The maximum atomic E-state index is 12.8. The summed E-state index contributed by atoms with van der Waals surface area (Å²) in [5.41, 5.74) is 3.75. The number of nitrogens with one attached hydrogen (secondary N) is 1. The number of amides is 1. The number of benzene rings is 2. The number of carbonyl (C=O) groups is 2. The Hall–Kier alpha value is -3.41. The molecule has 2 aromatic carbocycles. The number of aryl methyl sites for hydroxylation is 1. The summed E-state index contributed by atoms with van der Waals surface area (Å²) >= 11 is 0. The maximum Gasteiger partial charge on any atom is 0.325 e. The van der Waals surface area contributed by atoms with Crippen LogP contribution >= 0.6 is 0 Å². The first-order chi connectivity index (χ1) is 13.4. The Morgan fingerprint density at radius 1 is 1.07 bits per heavy atom. The second-order valence-electron chi connectivity index (χ2n) is 6.76. The Labute approximate surface area is 164 Å². The first kappa shape index (κ1) is 19.4. The number of hydrogen-bond acceptors (Lipinski definition) is 4. The summed E-state index contributed by atoms with van der Waals surface area (Å²) in [7, 11) is 0. The zero-order valence-corrected chi connectivity index (χ0v) is 16.2. The van der Waals surface area contributed by atoms with Gasteiger partial charge in [-0.05, 0) is 32.9 Å². The number of esters is 1. The predicted molar refractivity (Wildman–Crippen MR) is 107 cm³/mol. The van der Waals surface area contributed by atoms with E-state index in [1.807, 2.05) is 61.5 Å². The van der Waals surface area contributed by atoms with Crippen LogP contribution in [0.3, 0.4) is 0 Å². The molecule has 0 atom stereocenters. The molecular weight excluding hydrogens is 354 g/mol. The van der Waals surface area contributed by atoms with Crippen LogP contribution in [0.25, 0.3) is 16.9 Å². The van der Waals surface area contributed by atoms with Gasteiger partial charge in [0.1, 0.15) is 12.2 Å². The highest BCUT2D eigenvalue weighted by Gasteiger charge is 2.19. The van der Waals surface area contributed by atoms with Gasteiger partial charge in [0.05, 0.1) is 17.4 Å². The molecule has 1 amide bonds. The van der Waals surface area contributed by atoms with Crippen molar-refractivity contribution >= 4 is 11.9 Å². The van der Waals surface area contributed by atoms with Crippen molar-refractivity contribution in [1.29, 1.82) is 0 Å². The number of rotatable bonds is 6. The number of aromatic nitrogens is 2. The Morgan fingerprint density at radius 3 is 2.39 bits per heavy atom. The van der Waals surface area contributed by atoms with Gasteiger partial charge in [-0.15, -0.1) is 0 Å². The zero-order valence-electron chi connectivity index (χ0n) is 16.2. The van der Waals surface area contributed by atoms with Gasteiger partial charge in [0.15, 0.2) is 0 Å². The summed E-state index contributed by atoms with van der Waals surface area (Å²) in [6.45, 7) is 5.34. The molecule has 3 rings (SSSR count). The summed E-state index contributed by atoms with van der Waals surface area (Å²) in [6.07, 6.45) is 1.45. The smallest absolute Gasteiger partial charge is 0.325 e. The van der Waals surface area contributed by atoms with Gasteiger partial charge in [0.2, 0.25) is 0 Å². The summed E-state index contributed by atoms with van der Waals surface area (Å²) in [5.74, 6) is -0.853. The molecule has 6 nitrogen and oxygen atoms in total. The van der Waals surface area contributed by atoms with E-state index < -0.39 is 5.97 Å². The van der Waals surface area contributed by atoms with Crippen molar-refractivity contribution in [2.45, 2.75) is 26.9 Å². The van der Waals surface area contributed by atoms with Crippen molar-refractivity contribution in [3.63, 3.8) is 0 Å². The van der Waals surface area contributed by atoms with E-state index in [2.05, 4.69) is 10.4 Å². The van der Waals surface area contributed by atoms with Crippen LogP contribution in [0.4, 0.5) is 0 Å². The normalized spacial score (nSPS) is 10.7. The lowest BCUT2D eigenvalue weighted by atomic mass is 10.1. The van der Waals surface area contributed by atoms with Crippen LogP contribution in [0.2, 0.25) is 0 Å². The molecule has 6 heteroatoms. The summed E-state index contributed by atoms with van der Waals surface area (Å²) in [5, 5.41) is 7.24. The lowest BCUT2D eigenvalue weighted by Gasteiger charge is -2.08. The fraction of sp³-hybridized carbons (Fsp3) is 0.227. The fourth-order valence-electron chi connectivity index (χ4n) is 2.73. The molecule has 0 fully saturated rings. The maximum absolute atomic E-state index is 12.8. The monoisotopic (exact) mass is 377 g/mol. The number of hydrogen-bond donors (Lipinski definition) is 1. The molecule has 28 heavy (non-hydrogen) atoms. The predicted octanol–water partition coefficient (Wildman–Crippen LogP) is 3.53. The summed E-state index contributed by atoms with van der Waals surface area (Å²) < 4.78 is 6.73. The zero-order chi connectivity index (χ0) is 20.1. The van der Waals surface area contributed by atoms with Crippen LogP contribution in [0, 0.1) is 6.92 Å². The van der Waals surface area contributed by atoms with Crippen LogP contribution in [0.5, 0.6) is 0 Å². The van der Waals surface area contributed by atoms with E-state index in [0.717, 1.165) is 16.8 Å². The van der Waals surface area contributed by atoms with Crippen molar-refractivity contribution in [1.82, 2.24) is 15.1 Å². The highest BCUT2D eigenvalue weighted by Crippen LogP contribution is 2.23. The average Bonchev–Trinajstić information content (AvgIpc) is 3.12. The van der Waals surface area contributed by atoms with Crippen LogP contribution in [0.15, 0.2) is 60.8 Å². The molecular formula is C22H23N3O3. The molecule has 3 aromatic rings. The quantitative estimate of drug-likeness (QED) is 0.667. The Morgan fingerprint density at radius 2 is 1.75 bits per heavy atom. The largest absolute Gasteiger partial charge is 0.462 e. The van der Waals surface area contributed by atoms with E-state index in [-0.39, 0.29) is 18.6 Å². The third-order valence-electron chi connectivity index (χ3n) is 4.07. The van der Waals surface area contributed by atoms with Gasteiger partial charge in [-0.3, -0.25) is 9.59 Å². The van der Waals surface area contributed by atoms with Crippen LogP contribution < -0.4 is 5.32 Å². The SMILES string of the molecule is Cc1ccc(-n2cc(C(=O)NCC(=O)OC(C)C)c(-c3ccccc3)n2)cc1. The standard InChI is InChI=1S/C22H23N3O3/c1-15(2)28-20(26)13-23-22(27)19-14-25(18-11-9-16(3)10-12-18)24-21(19)17-7-5-4-6-8-17/h4-12,14-15H,13H2,1-3H3,(H,23,27). The van der Waals surface area contributed by atoms with Crippen molar-refractivity contribution in [3.8, 4) is 16.9 Å². The lowest BCUT2D eigenvalue weighted by molar-refractivity contribution is -0.146. The van der Waals surface area contributed by atoms with E-state index >= 15 is 0 Å². The third-order valence-corrected chi connectivity index (χ3v) is 4.07. The van der Waals surface area contributed by atoms with E-state index in [9.17, 15) is 9.59 Å². The van der Waals surface area contributed by atoms with Crippen LogP contribution in [0.1, 0.15) is 29.8 Å². The molecule has 0 radical (unpaired) electrons. The second kappa shape index (κ2) is 8.52. The van der Waals surface area contributed by atoms with Crippen molar-refractivity contribution in [2.24, 2.45) is 0 Å². The fourth-order valence-corrected chi connectivity index (χ4v) is 2.73. The average molecular weight is 377 g/mol. The van der Waals surface area contributed by atoms with E-state index in [0.29, 0.717) is 11.3 Å². The lowest BCUT2D eigenvalue weighted by Crippen LogP contribution is -2.31. The van der Waals surface area contributed by atoms with Gasteiger partial charge in [-0.2, -0.15) is 5.10 Å². The molecule has 0 aliphatic carbocycles. The van der Waals surface area contributed by atoms with Gasteiger partial charge in [0.25, 0.3) is 5.91 Å². The van der Waals surface area contributed by atoms with Gasteiger partial charge in [0, 0.05) is 11.8 Å². The first-order valence-corrected chi connectivity index (χ1v) is 9.14. The third kappa shape index (κ3) is 4.65. The number of ether oxygens (including phenoxy) is 1. The van der Waals surface area contributed by atoms with E-state index in [1.54, 1.807) is 24.7 Å². The topological polar surface area (TPSA) is 73.2 Å². The summed E-state index contributed by atoms with van der Waals surface area (Å²) in [4.78, 5) is 24.5. The second-order valence-corrected chi connectivity index (χ2v) is 6.76. The molecule has 1 heterocycles. The molecule has 0 aliphatic rings. The molecule has 0 spiro atoms. The van der Waals surface area contributed by atoms with Gasteiger partial charge < -0.3 is 10.1 Å². The molecule has 0 saturated heterocycles. The summed E-state index contributed by atoms with van der Waals surface area (Å²) in [6, 6.07) is 17.3. The van der Waals surface area contributed by atoms with Gasteiger partial charge in [-0.1, -0.05) is 48.0 Å². The Balaban J connectivity index is 1.91. The molecule has 0 unspecified atom stereocenters. The highest BCUT2D eigenvalue weighted by molar-refractivity contribution is 6.01. The molecule has 1 N–H and O–H groups in total. The Bertz CT molecular complexity index is 960. The molecule has 0 bridgehead atoms. The molecule has 1 aromatic heterocycles. The van der Waals surface area contributed by atoms with E-state index in [4.69, 9.17) is 4.74 Å². The number of nitrogens with zero attached hydrogens (tertiary/aromatic N) is 2. The number of carbonyl (C=O) groups excluding carboxylic acids is 2. The van der Waals surface area contributed by atoms with Gasteiger partial charge in [-0.25, -0.2) is 4.68 Å². The van der Waals surface area contributed by atoms with Crippen molar-refractivity contribution < 1.29 is 14.3 Å². The minimum atomic E-state index is -0.476. The molecule has 0 aliphatic heterocycles. The molecule has 144 valence electrons. The minimum absolute atomic E-state index is 0.193. The Kier molecular flexibility index (Phi) is 5.89. The first-order valence-electron chi connectivity index (χ1n) is 9.14. The van der Waals surface area contributed by atoms with Crippen LogP contribution in [-0.2, 0) is 9.53 Å². The molecule has 0 saturated carbocycles. The van der Waals surface area contributed by atoms with E-state index in [1.165, 1.54) is 0 Å². The minimum Gasteiger partial charge on any atom is -0.462 e. The van der Waals surface area contributed by atoms with Gasteiger partial charge >= 0.3 is 5.97 Å². The van der Waals surface area contributed by atoms with Crippen LogP contribution in [-0.4, -0.2) is 34.3 Å².